The first-order valence-electron chi connectivity index (χ1n) is 5.29. The molecule has 3 N–H and O–H groups in total. The molecule has 0 aliphatic carbocycles. The Labute approximate surface area is 128 Å². The summed E-state index contributed by atoms with van der Waals surface area (Å²) in [7, 11) is 0. The third-order valence-electron chi connectivity index (χ3n) is 2.41. The van der Waals surface area contributed by atoms with Crippen LogP contribution in [0, 0.1) is 0 Å². The lowest BCUT2D eigenvalue weighted by atomic mass is 10.2. The number of carbonyl (C=O) groups excluding carboxylic acids is 1. The number of benzene rings is 2. The van der Waals surface area contributed by atoms with Crippen molar-refractivity contribution in [3.63, 3.8) is 0 Å². The van der Waals surface area contributed by atoms with E-state index in [-0.39, 0.29) is 5.91 Å². The van der Waals surface area contributed by atoms with Crippen molar-refractivity contribution in [3.05, 3.63) is 56.5 Å². The minimum Gasteiger partial charge on any atom is -0.399 e. The molecular weight excluding hydrogens is 351 g/mol. The van der Waals surface area contributed by atoms with Crippen LogP contribution in [-0.2, 0) is 0 Å². The summed E-state index contributed by atoms with van der Waals surface area (Å²) in [4.78, 5) is 12.0. The second-order valence-corrected chi connectivity index (χ2v) is 5.55. The van der Waals surface area contributed by atoms with Crippen molar-refractivity contribution in [1.82, 2.24) is 0 Å². The normalized spacial score (nSPS) is 10.3. The third kappa shape index (κ3) is 3.41. The van der Waals surface area contributed by atoms with E-state index in [2.05, 4.69) is 21.2 Å². The molecule has 0 radical (unpaired) electrons. The number of halogens is 3. The smallest absolute Gasteiger partial charge is 0.255 e. The van der Waals surface area contributed by atoms with Gasteiger partial charge in [-0.15, -0.1) is 0 Å². The molecule has 2 aromatic rings. The van der Waals surface area contributed by atoms with Gasteiger partial charge in [-0.2, -0.15) is 0 Å². The Bertz CT molecular complexity index is 606. The molecule has 0 aliphatic heterocycles. The second-order valence-electron chi connectivity index (χ2n) is 3.82. The molecule has 3 nitrogen and oxygen atoms in total. The first kappa shape index (κ1) is 14.2. The van der Waals surface area contributed by atoms with E-state index >= 15 is 0 Å². The highest BCUT2D eigenvalue weighted by atomic mass is 79.9. The third-order valence-corrected chi connectivity index (χ3v) is 3.53. The van der Waals surface area contributed by atoms with Crippen molar-refractivity contribution in [2.75, 3.05) is 11.1 Å². The summed E-state index contributed by atoms with van der Waals surface area (Å²) in [6, 6.07) is 10.0. The van der Waals surface area contributed by atoms with Crippen LogP contribution in [0.3, 0.4) is 0 Å². The molecule has 6 heteroatoms. The average Bonchev–Trinajstić information content (AvgIpc) is 2.34. The van der Waals surface area contributed by atoms with Crippen molar-refractivity contribution in [2.24, 2.45) is 0 Å². The molecule has 0 aromatic heterocycles. The topological polar surface area (TPSA) is 55.1 Å². The number of carbonyl (C=O) groups is 1. The maximum Gasteiger partial charge on any atom is 0.255 e. The number of nitrogen functional groups attached to an aromatic ring is 1. The molecule has 19 heavy (non-hydrogen) atoms. The van der Waals surface area contributed by atoms with Crippen LogP contribution in [0.15, 0.2) is 40.9 Å². The van der Waals surface area contributed by atoms with E-state index in [0.29, 0.717) is 27.0 Å². The number of hydrogen-bond acceptors (Lipinski definition) is 2. The molecule has 0 heterocycles. The number of anilines is 2. The van der Waals surface area contributed by atoms with Gasteiger partial charge in [-0.3, -0.25) is 4.79 Å². The number of nitrogens with one attached hydrogen (secondary N) is 1. The molecule has 0 bridgehead atoms. The zero-order chi connectivity index (χ0) is 14.0. The SMILES string of the molecule is Nc1cc(Cl)c(NC(=O)c2ccc(Br)cc2)c(Cl)c1. The molecular formula is C13H9BrCl2N2O. The van der Waals surface area contributed by atoms with Crippen molar-refractivity contribution >= 4 is 56.4 Å². The molecule has 0 atom stereocenters. The van der Waals surface area contributed by atoms with Crippen LogP contribution in [0.2, 0.25) is 10.0 Å². The Morgan fingerprint density at radius 2 is 1.63 bits per heavy atom. The highest BCUT2D eigenvalue weighted by molar-refractivity contribution is 9.10. The number of nitrogens with two attached hydrogens (primary N) is 1. The van der Waals surface area contributed by atoms with E-state index in [1.807, 2.05) is 0 Å². The zero-order valence-electron chi connectivity index (χ0n) is 9.58. The van der Waals surface area contributed by atoms with Gasteiger partial charge in [-0.1, -0.05) is 39.1 Å². The van der Waals surface area contributed by atoms with Gasteiger partial charge in [0.2, 0.25) is 0 Å². The van der Waals surface area contributed by atoms with Gasteiger partial charge in [0.25, 0.3) is 5.91 Å². The summed E-state index contributed by atoms with van der Waals surface area (Å²) in [5.74, 6) is -0.291. The predicted octanol–water partition coefficient (Wildman–Crippen LogP) is 4.59. The molecule has 0 saturated carbocycles. The van der Waals surface area contributed by atoms with E-state index in [1.54, 1.807) is 24.3 Å². The van der Waals surface area contributed by atoms with Gasteiger partial charge in [-0.25, -0.2) is 0 Å². The summed E-state index contributed by atoms with van der Waals surface area (Å²) in [5, 5.41) is 3.27. The summed E-state index contributed by atoms with van der Waals surface area (Å²) >= 11 is 15.3. The van der Waals surface area contributed by atoms with E-state index in [4.69, 9.17) is 28.9 Å². The fourth-order valence-corrected chi connectivity index (χ4v) is 2.36. The maximum atomic E-state index is 12.0. The number of hydrogen-bond donors (Lipinski definition) is 2. The summed E-state index contributed by atoms with van der Waals surface area (Å²) in [5.41, 5.74) is 6.90. The molecule has 0 fully saturated rings. The average molecular weight is 360 g/mol. The monoisotopic (exact) mass is 358 g/mol. The van der Waals surface area contributed by atoms with Crippen molar-refractivity contribution < 1.29 is 4.79 Å². The van der Waals surface area contributed by atoms with Crippen LogP contribution in [0.5, 0.6) is 0 Å². The molecule has 0 saturated heterocycles. The Hall–Kier alpha value is -1.23. The quantitative estimate of drug-likeness (QED) is 0.770. The fourth-order valence-electron chi connectivity index (χ4n) is 1.50. The first-order chi connectivity index (χ1) is 8.97. The Balaban J connectivity index is 2.26. The summed E-state index contributed by atoms with van der Waals surface area (Å²) < 4.78 is 0.896. The van der Waals surface area contributed by atoms with E-state index in [0.717, 1.165) is 4.47 Å². The molecule has 0 unspecified atom stereocenters. The molecule has 0 spiro atoms. The largest absolute Gasteiger partial charge is 0.399 e. The van der Waals surface area contributed by atoms with Gasteiger partial charge in [0, 0.05) is 15.7 Å². The van der Waals surface area contributed by atoms with Crippen LogP contribution >= 0.6 is 39.1 Å². The van der Waals surface area contributed by atoms with Gasteiger partial charge in [0.1, 0.15) is 0 Å². The molecule has 0 aliphatic rings. The number of rotatable bonds is 2. The predicted molar refractivity (Wildman–Crippen MR) is 83.0 cm³/mol. The van der Waals surface area contributed by atoms with Crippen LogP contribution in [0.1, 0.15) is 10.4 Å². The Morgan fingerprint density at radius 3 is 2.16 bits per heavy atom. The Kier molecular flexibility index (Phi) is 4.34. The lowest BCUT2D eigenvalue weighted by Crippen LogP contribution is -2.12. The lowest BCUT2D eigenvalue weighted by Gasteiger charge is -2.10. The van der Waals surface area contributed by atoms with Gasteiger partial charge < -0.3 is 11.1 Å². The van der Waals surface area contributed by atoms with Crippen molar-refractivity contribution in [3.8, 4) is 0 Å². The Morgan fingerprint density at radius 1 is 1.11 bits per heavy atom. The number of amides is 1. The molecule has 2 rings (SSSR count). The minimum absolute atomic E-state index is 0.291. The van der Waals surface area contributed by atoms with Crippen LogP contribution in [0.25, 0.3) is 0 Å². The van der Waals surface area contributed by atoms with Gasteiger partial charge in [0.05, 0.1) is 15.7 Å². The second kappa shape index (κ2) is 5.82. The fraction of sp³-hybridized carbons (Fsp3) is 0. The standard InChI is InChI=1S/C13H9BrCl2N2O/c14-8-3-1-7(2-4-8)13(19)18-12-10(15)5-9(17)6-11(12)16/h1-6H,17H2,(H,18,19). The van der Waals surface area contributed by atoms with E-state index < -0.39 is 0 Å². The molecule has 98 valence electrons. The summed E-state index contributed by atoms with van der Waals surface area (Å²) in [6.45, 7) is 0. The van der Waals surface area contributed by atoms with Crippen molar-refractivity contribution in [2.45, 2.75) is 0 Å². The summed E-state index contributed by atoms with van der Waals surface area (Å²) in [6.07, 6.45) is 0. The lowest BCUT2D eigenvalue weighted by molar-refractivity contribution is 0.102. The van der Waals surface area contributed by atoms with Crippen molar-refractivity contribution in [1.29, 1.82) is 0 Å². The molecule has 1 amide bonds. The van der Waals surface area contributed by atoms with E-state index in [9.17, 15) is 4.79 Å². The van der Waals surface area contributed by atoms with Crippen LogP contribution in [-0.4, -0.2) is 5.91 Å². The van der Waals surface area contributed by atoms with Crippen LogP contribution < -0.4 is 11.1 Å². The minimum atomic E-state index is -0.291. The van der Waals surface area contributed by atoms with Gasteiger partial charge in [-0.05, 0) is 36.4 Å². The van der Waals surface area contributed by atoms with Gasteiger partial charge in [0.15, 0.2) is 0 Å². The first-order valence-corrected chi connectivity index (χ1v) is 6.83. The van der Waals surface area contributed by atoms with Gasteiger partial charge >= 0.3 is 0 Å². The zero-order valence-corrected chi connectivity index (χ0v) is 12.7. The van der Waals surface area contributed by atoms with Crippen LogP contribution in [0.4, 0.5) is 11.4 Å². The maximum absolute atomic E-state index is 12.0. The highest BCUT2D eigenvalue weighted by Gasteiger charge is 2.12. The molecule has 2 aromatic carbocycles. The highest BCUT2D eigenvalue weighted by Crippen LogP contribution is 2.33. The van der Waals surface area contributed by atoms with E-state index in [1.165, 1.54) is 12.1 Å².